The van der Waals surface area contributed by atoms with E-state index in [2.05, 4.69) is 36.4 Å². The van der Waals surface area contributed by atoms with Crippen LogP contribution >= 0.6 is 0 Å². The van der Waals surface area contributed by atoms with E-state index >= 15 is 0 Å². The number of fused-ring (bicyclic) bond motifs is 1. The Morgan fingerprint density at radius 3 is 1.97 bits per heavy atom. The third-order valence-electron chi connectivity index (χ3n) is 5.37. The van der Waals surface area contributed by atoms with E-state index < -0.39 is 11.1 Å². The Labute approximate surface area is 183 Å². The number of nitrogens with zero attached hydrogens (tertiary/aromatic N) is 2. The normalized spacial score (nSPS) is 14.9. The number of rotatable bonds is 6. The third-order valence-corrected chi connectivity index (χ3v) is 5.37. The summed E-state index contributed by atoms with van der Waals surface area (Å²) < 4.78 is 6.13. The molecule has 0 amide bonds. The van der Waals surface area contributed by atoms with Gasteiger partial charge < -0.3 is 4.74 Å². The van der Waals surface area contributed by atoms with Gasteiger partial charge in [0.2, 0.25) is 0 Å². The van der Waals surface area contributed by atoms with Gasteiger partial charge in [-0.1, -0.05) is 72.8 Å². The van der Waals surface area contributed by atoms with Gasteiger partial charge in [0.25, 0.3) is 0 Å². The number of anilines is 1. The molecule has 0 radical (unpaired) electrons. The van der Waals surface area contributed by atoms with Gasteiger partial charge in [-0.2, -0.15) is 5.26 Å². The van der Waals surface area contributed by atoms with Gasteiger partial charge in [-0.05, 0) is 50.1 Å². The fourth-order valence-corrected chi connectivity index (χ4v) is 3.97. The van der Waals surface area contributed by atoms with Crippen molar-refractivity contribution in [3.8, 4) is 6.07 Å². The predicted octanol–water partition coefficient (Wildman–Crippen LogP) is 6.06. The highest BCUT2D eigenvalue weighted by atomic mass is 16.7. The Morgan fingerprint density at radius 2 is 1.42 bits per heavy atom. The molecule has 3 aromatic carbocycles. The van der Waals surface area contributed by atoms with E-state index in [0.29, 0.717) is 6.61 Å². The van der Waals surface area contributed by atoms with Crippen LogP contribution in [0.1, 0.15) is 37.5 Å². The molecule has 1 heterocycles. The lowest BCUT2D eigenvalue weighted by Crippen LogP contribution is -2.51. The first-order chi connectivity index (χ1) is 15.0. The highest BCUT2D eigenvalue weighted by molar-refractivity contribution is 5.80. The fraction of sp³-hybridized carbons (Fsp3) is 0.222. The average Bonchev–Trinajstić information content (AvgIpc) is 2.82. The molecule has 0 bridgehead atoms. The molecule has 0 aliphatic carbocycles. The van der Waals surface area contributed by atoms with Gasteiger partial charge >= 0.3 is 0 Å². The molecule has 0 saturated carbocycles. The van der Waals surface area contributed by atoms with E-state index in [9.17, 15) is 5.26 Å². The highest BCUT2D eigenvalue weighted by Crippen LogP contribution is 2.49. The van der Waals surface area contributed by atoms with Crippen molar-refractivity contribution < 1.29 is 9.57 Å². The number of benzene rings is 3. The zero-order valence-corrected chi connectivity index (χ0v) is 18.1. The molecule has 0 aromatic heterocycles. The number of ether oxygens (including phenoxy) is 1. The van der Waals surface area contributed by atoms with E-state index in [0.717, 1.165) is 28.1 Å². The molecule has 0 N–H and O–H groups in total. The first-order valence-corrected chi connectivity index (χ1v) is 10.5. The van der Waals surface area contributed by atoms with Gasteiger partial charge in [0.05, 0.1) is 18.4 Å². The van der Waals surface area contributed by atoms with Crippen LogP contribution in [-0.4, -0.2) is 12.2 Å². The van der Waals surface area contributed by atoms with Crippen LogP contribution in [0.15, 0.2) is 91.0 Å². The van der Waals surface area contributed by atoms with Crippen molar-refractivity contribution in [3.05, 3.63) is 108 Å². The molecule has 0 fully saturated rings. The van der Waals surface area contributed by atoms with Gasteiger partial charge in [-0.25, -0.2) is 5.06 Å². The molecule has 0 saturated heterocycles. The average molecular weight is 411 g/mol. The fourth-order valence-electron chi connectivity index (χ4n) is 3.97. The summed E-state index contributed by atoms with van der Waals surface area (Å²) in [6, 6.07) is 30.6. The number of para-hydroxylation sites is 1. The summed E-state index contributed by atoms with van der Waals surface area (Å²) in [5.74, 6) is 0.792. The van der Waals surface area contributed by atoms with Crippen molar-refractivity contribution in [2.45, 2.75) is 31.9 Å². The second-order valence-electron chi connectivity index (χ2n) is 7.96. The molecular formula is C27H26N2O2. The molecule has 4 heteroatoms. The number of hydrogen-bond acceptors (Lipinski definition) is 4. The van der Waals surface area contributed by atoms with Crippen LogP contribution in [-0.2, 0) is 15.1 Å². The Morgan fingerprint density at radius 1 is 0.871 bits per heavy atom. The van der Waals surface area contributed by atoms with Gasteiger partial charge in [-0.15, -0.1) is 0 Å². The molecule has 0 unspecified atom stereocenters. The Balaban J connectivity index is 2.08. The summed E-state index contributed by atoms with van der Waals surface area (Å²) in [5, 5.41) is 11.7. The quantitative estimate of drug-likeness (QED) is 0.495. The largest absolute Gasteiger partial charge is 0.493 e. The molecule has 156 valence electrons. The van der Waals surface area contributed by atoms with E-state index in [-0.39, 0.29) is 0 Å². The van der Waals surface area contributed by atoms with Crippen LogP contribution in [0.5, 0.6) is 0 Å². The molecule has 31 heavy (non-hydrogen) atoms. The van der Waals surface area contributed by atoms with Gasteiger partial charge in [0.15, 0.2) is 5.60 Å². The van der Waals surface area contributed by atoms with Crippen molar-refractivity contribution in [1.82, 2.24) is 0 Å². The van der Waals surface area contributed by atoms with E-state index in [4.69, 9.17) is 9.57 Å². The van der Waals surface area contributed by atoms with E-state index in [1.165, 1.54) is 0 Å². The number of nitriles is 1. The molecule has 0 atom stereocenters. The molecule has 4 nitrogen and oxygen atoms in total. The number of hydroxylamine groups is 1. The lowest BCUT2D eigenvalue weighted by molar-refractivity contribution is -0.0184. The first kappa shape index (κ1) is 20.7. The van der Waals surface area contributed by atoms with Crippen LogP contribution < -0.4 is 5.06 Å². The molecule has 1 aliphatic rings. The van der Waals surface area contributed by atoms with Gasteiger partial charge in [-0.3, -0.25) is 4.84 Å². The minimum atomic E-state index is -1.04. The second kappa shape index (κ2) is 8.29. The summed E-state index contributed by atoms with van der Waals surface area (Å²) in [6.07, 6.45) is 2.11. The standard InChI is InChI=1S/C27H26N2O2/c1-4-30-25-19-27(21-13-7-5-8-14-21,22-15-9-6-10-16-22)29(31-26(2,3)20-28)24-18-12-11-17-23(24)25/h5-19H,4H2,1-3H3. The third kappa shape index (κ3) is 3.69. The van der Waals surface area contributed by atoms with Gasteiger partial charge in [0, 0.05) is 5.56 Å². The first-order valence-electron chi connectivity index (χ1n) is 10.5. The maximum absolute atomic E-state index is 9.78. The number of hydrogen-bond donors (Lipinski definition) is 0. The minimum Gasteiger partial charge on any atom is -0.493 e. The zero-order valence-electron chi connectivity index (χ0n) is 18.1. The van der Waals surface area contributed by atoms with Crippen LogP contribution in [0.3, 0.4) is 0 Å². The van der Waals surface area contributed by atoms with Crippen molar-refractivity contribution in [2.24, 2.45) is 0 Å². The summed E-state index contributed by atoms with van der Waals surface area (Å²) in [7, 11) is 0. The summed E-state index contributed by atoms with van der Waals surface area (Å²) >= 11 is 0. The summed E-state index contributed by atoms with van der Waals surface area (Å²) in [6.45, 7) is 6.08. The lowest BCUT2D eigenvalue weighted by Gasteiger charge is -2.48. The predicted molar refractivity (Wildman–Crippen MR) is 123 cm³/mol. The zero-order chi connectivity index (χ0) is 21.9. The SMILES string of the molecule is CCOC1=CC(c2ccccc2)(c2ccccc2)N(OC(C)(C)C#N)c2ccccc21. The van der Waals surface area contributed by atoms with Crippen molar-refractivity contribution >= 4 is 11.4 Å². The minimum absolute atomic E-state index is 0.546. The van der Waals surface area contributed by atoms with Gasteiger partial charge in [0.1, 0.15) is 11.3 Å². The monoisotopic (exact) mass is 410 g/mol. The Kier molecular flexibility index (Phi) is 5.54. The maximum Gasteiger partial charge on any atom is 0.176 e. The topological polar surface area (TPSA) is 45.5 Å². The highest BCUT2D eigenvalue weighted by Gasteiger charge is 2.47. The van der Waals surface area contributed by atoms with E-state index in [1.54, 1.807) is 13.8 Å². The van der Waals surface area contributed by atoms with Crippen LogP contribution in [0.2, 0.25) is 0 Å². The van der Waals surface area contributed by atoms with Crippen molar-refractivity contribution in [1.29, 1.82) is 5.26 Å². The molecule has 3 aromatic rings. The van der Waals surface area contributed by atoms with Crippen LogP contribution in [0.25, 0.3) is 5.76 Å². The molecule has 0 spiro atoms. The Bertz CT molecular complexity index is 1080. The maximum atomic E-state index is 9.78. The van der Waals surface area contributed by atoms with Crippen LogP contribution in [0.4, 0.5) is 5.69 Å². The smallest absolute Gasteiger partial charge is 0.176 e. The summed E-state index contributed by atoms with van der Waals surface area (Å²) in [5.41, 5.74) is 1.95. The molecular weight excluding hydrogens is 384 g/mol. The van der Waals surface area contributed by atoms with E-state index in [1.807, 2.05) is 72.7 Å². The second-order valence-corrected chi connectivity index (χ2v) is 7.96. The van der Waals surface area contributed by atoms with Crippen LogP contribution in [0, 0.1) is 11.3 Å². The lowest BCUT2D eigenvalue weighted by atomic mass is 9.78. The van der Waals surface area contributed by atoms with Crippen molar-refractivity contribution in [2.75, 3.05) is 11.7 Å². The molecule has 1 aliphatic heterocycles. The van der Waals surface area contributed by atoms with Crippen molar-refractivity contribution in [3.63, 3.8) is 0 Å². The Hall–Kier alpha value is -3.55. The summed E-state index contributed by atoms with van der Waals surface area (Å²) in [4.78, 5) is 6.48. The molecule has 4 rings (SSSR count).